The van der Waals surface area contributed by atoms with Crippen LogP contribution < -0.4 is 0 Å². The molecule has 0 N–H and O–H groups in total. The predicted molar refractivity (Wildman–Crippen MR) is 63.3 cm³/mol. The van der Waals surface area contributed by atoms with E-state index in [0.717, 1.165) is 15.9 Å². The molecule has 0 saturated carbocycles. The Bertz CT molecular complexity index is 359. The minimum atomic E-state index is 0.777. The van der Waals surface area contributed by atoms with Gasteiger partial charge in [0.25, 0.3) is 0 Å². The lowest BCUT2D eigenvalue weighted by Gasteiger charge is -2.06. The Balaban J connectivity index is 3.06. The minimum Gasteiger partial charge on any atom is -0.369 e. The summed E-state index contributed by atoms with van der Waals surface area (Å²) in [5.41, 5.74) is 2.29. The van der Waals surface area contributed by atoms with Crippen LogP contribution in [0.3, 0.4) is 0 Å². The number of aromatic nitrogens is 1. The Hall–Kier alpha value is -0.900. The molecule has 1 aromatic rings. The largest absolute Gasteiger partial charge is 0.369 e. The van der Waals surface area contributed by atoms with Gasteiger partial charge in [0.15, 0.2) is 5.82 Å². The summed E-state index contributed by atoms with van der Waals surface area (Å²) in [6.45, 7) is 4.07. The van der Waals surface area contributed by atoms with E-state index in [2.05, 4.69) is 32.8 Å². The quantitative estimate of drug-likeness (QED) is 0.601. The Kier molecular flexibility index (Phi) is 3.63. The van der Waals surface area contributed by atoms with Crippen molar-refractivity contribution in [3.63, 3.8) is 0 Å². The van der Waals surface area contributed by atoms with E-state index < -0.39 is 0 Å². The van der Waals surface area contributed by atoms with E-state index in [0.29, 0.717) is 0 Å². The molecule has 76 valence electrons. The molecule has 0 atom stereocenters. The van der Waals surface area contributed by atoms with Crippen LogP contribution in [0.15, 0.2) is 15.7 Å². The summed E-state index contributed by atoms with van der Waals surface area (Å²) in [7, 11) is 3.87. The van der Waals surface area contributed by atoms with Gasteiger partial charge in [-0.25, -0.2) is 9.98 Å². The van der Waals surface area contributed by atoms with Crippen molar-refractivity contribution < 1.29 is 0 Å². The molecular weight excluding hydrogens is 242 g/mol. The number of aliphatic imine (C=N–C) groups is 1. The van der Waals surface area contributed by atoms with Crippen molar-refractivity contribution in [2.75, 3.05) is 14.1 Å². The minimum absolute atomic E-state index is 0.777. The molecule has 0 bridgehead atoms. The van der Waals surface area contributed by atoms with Crippen LogP contribution in [-0.2, 0) is 0 Å². The van der Waals surface area contributed by atoms with Crippen molar-refractivity contribution in [2.24, 2.45) is 4.99 Å². The van der Waals surface area contributed by atoms with Crippen molar-refractivity contribution in [3.05, 3.63) is 21.8 Å². The molecule has 0 aliphatic rings. The molecule has 0 radical (unpaired) electrons. The molecule has 0 amide bonds. The van der Waals surface area contributed by atoms with Crippen molar-refractivity contribution in [3.8, 4) is 0 Å². The van der Waals surface area contributed by atoms with E-state index in [4.69, 9.17) is 0 Å². The van der Waals surface area contributed by atoms with E-state index in [9.17, 15) is 0 Å². The van der Waals surface area contributed by atoms with Crippen molar-refractivity contribution in [1.82, 2.24) is 9.88 Å². The van der Waals surface area contributed by atoms with Gasteiger partial charge >= 0.3 is 0 Å². The van der Waals surface area contributed by atoms with Crippen LogP contribution in [-0.4, -0.2) is 30.3 Å². The highest BCUT2D eigenvalue weighted by Gasteiger charge is 2.03. The normalized spacial score (nSPS) is 10.9. The Morgan fingerprint density at radius 3 is 2.57 bits per heavy atom. The van der Waals surface area contributed by atoms with Gasteiger partial charge in [-0.2, -0.15) is 0 Å². The first-order valence-electron chi connectivity index (χ1n) is 4.34. The molecular formula is C10H14BrN3. The highest BCUT2D eigenvalue weighted by molar-refractivity contribution is 9.10. The van der Waals surface area contributed by atoms with Gasteiger partial charge in [0.1, 0.15) is 0 Å². The molecule has 3 nitrogen and oxygen atoms in total. The van der Waals surface area contributed by atoms with Crippen molar-refractivity contribution in [1.29, 1.82) is 0 Å². The fraction of sp³-hybridized carbons (Fsp3) is 0.400. The van der Waals surface area contributed by atoms with Crippen LogP contribution in [0.25, 0.3) is 0 Å². The van der Waals surface area contributed by atoms with E-state index in [1.54, 1.807) is 12.5 Å². The third kappa shape index (κ3) is 2.54. The molecule has 0 aromatic carbocycles. The maximum Gasteiger partial charge on any atom is 0.156 e. The number of hydrogen-bond donors (Lipinski definition) is 0. The first-order valence-corrected chi connectivity index (χ1v) is 5.14. The van der Waals surface area contributed by atoms with Crippen molar-refractivity contribution >= 4 is 28.1 Å². The van der Waals surface area contributed by atoms with E-state index in [1.807, 2.05) is 25.9 Å². The standard InChI is InChI=1S/C10H14BrN3/c1-7-8(2)10(12-5-9(7)11)13-6-14(3)4/h5-6H,1-4H3/b13-6+. The summed E-state index contributed by atoms with van der Waals surface area (Å²) in [5, 5.41) is 0. The average Bonchev–Trinajstić information content (AvgIpc) is 2.13. The van der Waals surface area contributed by atoms with E-state index >= 15 is 0 Å². The zero-order valence-electron chi connectivity index (χ0n) is 8.87. The Morgan fingerprint density at radius 1 is 1.36 bits per heavy atom. The SMILES string of the molecule is Cc1c(Br)cnc(/N=C/N(C)C)c1C. The van der Waals surface area contributed by atoms with Crippen molar-refractivity contribution in [2.45, 2.75) is 13.8 Å². The molecule has 1 aromatic heterocycles. The van der Waals surface area contributed by atoms with E-state index in [1.165, 1.54) is 5.56 Å². The van der Waals surface area contributed by atoms with Gasteiger partial charge in [-0.05, 0) is 40.9 Å². The van der Waals surface area contributed by atoms with Crippen LogP contribution in [0.4, 0.5) is 5.82 Å². The number of pyridine rings is 1. The molecule has 4 heteroatoms. The molecule has 0 saturated heterocycles. The van der Waals surface area contributed by atoms with Gasteiger partial charge < -0.3 is 4.90 Å². The summed E-state index contributed by atoms with van der Waals surface area (Å²) in [5.74, 6) is 0.777. The monoisotopic (exact) mass is 255 g/mol. The zero-order valence-corrected chi connectivity index (χ0v) is 10.5. The smallest absolute Gasteiger partial charge is 0.156 e. The van der Waals surface area contributed by atoms with Crippen LogP contribution in [0.1, 0.15) is 11.1 Å². The Morgan fingerprint density at radius 2 is 2.00 bits per heavy atom. The molecule has 1 heterocycles. The topological polar surface area (TPSA) is 28.5 Å². The zero-order chi connectivity index (χ0) is 10.7. The van der Waals surface area contributed by atoms with Crippen LogP contribution in [0.5, 0.6) is 0 Å². The van der Waals surface area contributed by atoms with Gasteiger partial charge in [0.2, 0.25) is 0 Å². The second-order valence-corrected chi connectivity index (χ2v) is 4.24. The lowest BCUT2D eigenvalue weighted by atomic mass is 10.2. The maximum atomic E-state index is 4.28. The number of rotatable bonds is 2. The first-order chi connectivity index (χ1) is 6.52. The third-order valence-electron chi connectivity index (χ3n) is 1.97. The van der Waals surface area contributed by atoms with Crippen LogP contribution >= 0.6 is 15.9 Å². The first kappa shape index (κ1) is 11.2. The second kappa shape index (κ2) is 4.55. The predicted octanol–water partition coefficient (Wildman–Crippen LogP) is 2.68. The number of hydrogen-bond acceptors (Lipinski definition) is 2. The third-order valence-corrected chi connectivity index (χ3v) is 2.77. The summed E-state index contributed by atoms with van der Waals surface area (Å²) in [6, 6.07) is 0. The lowest BCUT2D eigenvalue weighted by Crippen LogP contribution is -2.07. The Labute approximate surface area is 93.0 Å². The molecule has 0 fully saturated rings. The summed E-state index contributed by atoms with van der Waals surface area (Å²) >= 11 is 3.44. The summed E-state index contributed by atoms with van der Waals surface area (Å²) in [6.07, 6.45) is 3.54. The average molecular weight is 256 g/mol. The fourth-order valence-corrected chi connectivity index (χ4v) is 1.36. The molecule has 0 spiro atoms. The van der Waals surface area contributed by atoms with Gasteiger partial charge in [0, 0.05) is 24.8 Å². The number of nitrogens with zero attached hydrogens (tertiary/aromatic N) is 3. The lowest BCUT2D eigenvalue weighted by molar-refractivity contribution is 0.643. The van der Waals surface area contributed by atoms with Gasteiger partial charge in [-0.3, -0.25) is 0 Å². The second-order valence-electron chi connectivity index (χ2n) is 3.39. The molecule has 0 aliphatic heterocycles. The number of halogens is 1. The molecule has 14 heavy (non-hydrogen) atoms. The molecule has 0 aliphatic carbocycles. The fourth-order valence-electron chi connectivity index (χ4n) is 0.959. The summed E-state index contributed by atoms with van der Waals surface area (Å²) < 4.78 is 1.03. The van der Waals surface area contributed by atoms with Crippen LogP contribution in [0.2, 0.25) is 0 Å². The van der Waals surface area contributed by atoms with Gasteiger partial charge in [0.05, 0.1) is 6.34 Å². The van der Waals surface area contributed by atoms with E-state index in [-0.39, 0.29) is 0 Å². The highest BCUT2D eigenvalue weighted by Crippen LogP contribution is 2.24. The van der Waals surface area contributed by atoms with Gasteiger partial charge in [-0.15, -0.1) is 0 Å². The van der Waals surface area contributed by atoms with Gasteiger partial charge in [-0.1, -0.05) is 0 Å². The van der Waals surface area contributed by atoms with Crippen LogP contribution in [0, 0.1) is 13.8 Å². The highest BCUT2D eigenvalue weighted by atomic mass is 79.9. The summed E-state index contributed by atoms with van der Waals surface area (Å²) in [4.78, 5) is 10.4. The maximum absolute atomic E-state index is 4.28. The molecule has 0 unspecified atom stereocenters. The molecule has 1 rings (SSSR count).